The van der Waals surface area contributed by atoms with Gasteiger partial charge in [-0.15, -0.1) is 0 Å². The molecule has 238 valence electrons. The highest BCUT2D eigenvalue weighted by molar-refractivity contribution is 5.69. The Labute approximate surface area is 250 Å². The van der Waals surface area contributed by atoms with Gasteiger partial charge < -0.3 is 15.6 Å². The van der Waals surface area contributed by atoms with Crippen molar-refractivity contribution in [3.63, 3.8) is 0 Å². The average molecular weight is 566 g/mol. The molecule has 0 aromatic carbocycles. The summed E-state index contributed by atoms with van der Waals surface area (Å²) in [6, 6.07) is -0.557. The third-order valence-corrected chi connectivity index (χ3v) is 8.17. The second-order valence-electron chi connectivity index (χ2n) is 12.3. The molecule has 2 atom stereocenters. The molecule has 0 aromatic rings. The highest BCUT2D eigenvalue weighted by Crippen LogP contribution is 2.14. The lowest BCUT2D eigenvalue weighted by molar-refractivity contribution is -0.144. The Kier molecular flexibility index (Phi) is 31.9. The second-order valence-corrected chi connectivity index (χ2v) is 12.3. The number of rotatable bonds is 32. The number of esters is 1. The van der Waals surface area contributed by atoms with Crippen LogP contribution in [0.1, 0.15) is 194 Å². The Morgan fingerprint density at radius 2 is 0.950 bits per heavy atom. The summed E-state index contributed by atoms with van der Waals surface area (Å²) in [6.07, 6.45) is 38.9. The van der Waals surface area contributed by atoms with Gasteiger partial charge in [0, 0.05) is 6.42 Å². The number of carbonyl (C=O) groups is 1. The molecule has 3 N–H and O–H groups in total. The van der Waals surface area contributed by atoms with Gasteiger partial charge in [-0.05, 0) is 19.3 Å². The molecule has 0 aliphatic rings. The van der Waals surface area contributed by atoms with E-state index in [2.05, 4.69) is 13.8 Å². The van der Waals surface area contributed by atoms with Crippen LogP contribution in [0.5, 0.6) is 0 Å². The fourth-order valence-electron chi connectivity index (χ4n) is 5.31. The Bertz CT molecular complexity index is 536. The van der Waals surface area contributed by atoms with Crippen molar-refractivity contribution in [1.82, 2.24) is 0 Å². The fourth-order valence-corrected chi connectivity index (χ4v) is 5.31. The zero-order valence-electron chi connectivity index (χ0n) is 27.2. The van der Waals surface area contributed by atoms with Crippen molar-refractivity contribution in [3.05, 3.63) is 12.2 Å². The molecule has 0 fully saturated rings. The Balaban J connectivity index is 3.46. The smallest absolute Gasteiger partial charge is 0.305 e. The van der Waals surface area contributed by atoms with Gasteiger partial charge >= 0.3 is 5.97 Å². The van der Waals surface area contributed by atoms with Gasteiger partial charge in [-0.3, -0.25) is 4.79 Å². The summed E-state index contributed by atoms with van der Waals surface area (Å²) >= 11 is 0. The van der Waals surface area contributed by atoms with Gasteiger partial charge in [0.15, 0.2) is 0 Å². The van der Waals surface area contributed by atoms with Gasteiger partial charge in [0.2, 0.25) is 0 Å². The fraction of sp³-hybridized carbons (Fsp3) is 0.917. The topological polar surface area (TPSA) is 72.6 Å². The van der Waals surface area contributed by atoms with Gasteiger partial charge in [-0.25, -0.2) is 0 Å². The van der Waals surface area contributed by atoms with Crippen LogP contribution in [0.2, 0.25) is 0 Å². The first kappa shape index (κ1) is 39.1. The molecule has 0 amide bonds. The lowest BCUT2D eigenvalue weighted by Gasteiger charge is -2.15. The van der Waals surface area contributed by atoms with E-state index in [4.69, 9.17) is 10.5 Å². The monoisotopic (exact) mass is 566 g/mol. The number of allylic oxidation sites excluding steroid dienone is 1. The van der Waals surface area contributed by atoms with E-state index >= 15 is 0 Å². The van der Waals surface area contributed by atoms with Crippen LogP contribution in [0.3, 0.4) is 0 Å². The average Bonchev–Trinajstić information content (AvgIpc) is 2.96. The molecule has 40 heavy (non-hydrogen) atoms. The third-order valence-electron chi connectivity index (χ3n) is 8.17. The Hall–Kier alpha value is -0.870. The molecule has 0 rings (SSSR count). The summed E-state index contributed by atoms with van der Waals surface area (Å²) in [6.45, 7) is 4.63. The molecule has 0 spiro atoms. The van der Waals surface area contributed by atoms with E-state index in [1.54, 1.807) is 6.08 Å². The van der Waals surface area contributed by atoms with Crippen LogP contribution in [-0.4, -0.2) is 29.8 Å². The molecule has 0 radical (unpaired) electrons. The molecule has 4 nitrogen and oxygen atoms in total. The second kappa shape index (κ2) is 32.6. The molecule has 0 aromatic heterocycles. The van der Waals surface area contributed by atoms with Crippen molar-refractivity contribution >= 4 is 5.97 Å². The number of aliphatic hydroxyl groups is 1. The third kappa shape index (κ3) is 30.1. The zero-order chi connectivity index (χ0) is 29.4. The summed E-state index contributed by atoms with van der Waals surface area (Å²) in [5, 5.41) is 10.2. The van der Waals surface area contributed by atoms with Gasteiger partial charge in [-0.1, -0.05) is 180 Å². The van der Waals surface area contributed by atoms with Crippen molar-refractivity contribution < 1.29 is 14.6 Å². The van der Waals surface area contributed by atoms with Crippen molar-refractivity contribution in [3.8, 4) is 0 Å². The molecule has 0 bridgehead atoms. The van der Waals surface area contributed by atoms with E-state index in [0.29, 0.717) is 6.42 Å². The van der Waals surface area contributed by atoms with Crippen LogP contribution in [0.15, 0.2) is 12.2 Å². The zero-order valence-corrected chi connectivity index (χ0v) is 27.2. The quantitative estimate of drug-likeness (QED) is 0.0483. The summed E-state index contributed by atoms with van der Waals surface area (Å²) in [4.78, 5) is 12.0. The van der Waals surface area contributed by atoms with Gasteiger partial charge in [0.25, 0.3) is 0 Å². The van der Waals surface area contributed by atoms with Gasteiger partial charge in [0.1, 0.15) is 6.61 Å². The summed E-state index contributed by atoms with van der Waals surface area (Å²) in [7, 11) is 0. The van der Waals surface area contributed by atoms with E-state index in [9.17, 15) is 9.90 Å². The van der Waals surface area contributed by atoms with E-state index in [1.165, 1.54) is 148 Å². The molecule has 0 aliphatic carbocycles. The highest BCUT2D eigenvalue weighted by atomic mass is 16.5. The maximum Gasteiger partial charge on any atom is 0.305 e. The standard InChI is InChI=1S/C36H71NO3/c1-3-5-7-9-11-13-15-17-18-20-22-24-26-28-30-32-36(39)40-33-34(37)35(38)31-29-27-25-23-21-19-16-14-12-10-8-6-4-2/h29,31,34-35,38H,3-28,30,32-33,37H2,1-2H3. The molecule has 0 saturated heterocycles. The summed E-state index contributed by atoms with van der Waals surface area (Å²) in [5.41, 5.74) is 6.02. The SMILES string of the molecule is CCCCCCCCCCCCCC=CC(O)C(N)COC(=O)CCCCCCCCCCCCCCCCC. The van der Waals surface area contributed by atoms with Crippen LogP contribution < -0.4 is 5.73 Å². The minimum atomic E-state index is -0.758. The molecule has 0 aliphatic heterocycles. The number of hydrogen-bond acceptors (Lipinski definition) is 4. The number of aliphatic hydroxyl groups excluding tert-OH is 1. The largest absolute Gasteiger partial charge is 0.464 e. The van der Waals surface area contributed by atoms with E-state index in [1.807, 2.05) is 6.08 Å². The number of nitrogens with two attached hydrogens (primary N) is 1. The van der Waals surface area contributed by atoms with Gasteiger partial charge in [0.05, 0.1) is 12.1 Å². The van der Waals surface area contributed by atoms with Crippen LogP contribution in [-0.2, 0) is 9.53 Å². The Morgan fingerprint density at radius 3 is 1.35 bits per heavy atom. The maximum absolute atomic E-state index is 12.0. The van der Waals surface area contributed by atoms with E-state index in [0.717, 1.165) is 25.7 Å². The lowest BCUT2D eigenvalue weighted by atomic mass is 10.0. The number of carbonyl (C=O) groups excluding carboxylic acids is 1. The van der Waals surface area contributed by atoms with Crippen LogP contribution >= 0.6 is 0 Å². The van der Waals surface area contributed by atoms with E-state index in [-0.39, 0.29) is 12.6 Å². The first-order valence-electron chi connectivity index (χ1n) is 17.9. The van der Waals surface area contributed by atoms with Crippen LogP contribution in [0, 0.1) is 0 Å². The minimum absolute atomic E-state index is 0.0848. The van der Waals surface area contributed by atoms with Crippen molar-refractivity contribution in [2.45, 2.75) is 206 Å². The van der Waals surface area contributed by atoms with Gasteiger partial charge in [-0.2, -0.15) is 0 Å². The summed E-state index contributed by atoms with van der Waals surface area (Å²) in [5.74, 6) is -0.192. The lowest BCUT2D eigenvalue weighted by Crippen LogP contribution is -2.38. The maximum atomic E-state index is 12.0. The predicted molar refractivity (Wildman–Crippen MR) is 175 cm³/mol. The molecule has 2 unspecified atom stereocenters. The Morgan fingerprint density at radius 1 is 0.600 bits per heavy atom. The molecule has 0 saturated carbocycles. The normalized spacial score (nSPS) is 13.2. The van der Waals surface area contributed by atoms with Crippen LogP contribution in [0.4, 0.5) is 0 Å². The first-order valence-corrected chi connectivity index (χ1v) is 17.9. The number of ether oxygens (including phenoxy) is 1. The molecular formula is C36H71NO3. The molecule has 4 heteroatoms. The van der Waals surface area contributed by atoms with Crippen molar-refractivity contribution in [2.24, 2.45) is 5.73 Å². The van der Waals surface area contributed by atoms with E-state index < -0.39 is 12.1 Å². The van der Waals surface area contributed by atoms with Crippen molar-refractivity contribution in [1.29, 1.82) is 0 Å². The van der Waals surface area contributed by atoms with Crippen molar-refractivity contribution in [2.75, 3.05) is 6.61 Å². The number of unbranched alkanes of at least 4 members (excludes halogenated alkanes) is 25. The summed E-state index contributed by atoms with van der Waals surface area (Å²) < 4.78 is 5.31. The minimum Gasteiger partial charge on any atom is -0.464 e. The highest BCUT2D eigenvalue weighted by Gasteiger charge is 2.14. The predicted octanol–water partition coefficient (Wildman–Crippen LogP) is 10.7. The van der Waals surface area contributed by atoms with Crippen LogP contribution in [0.25, 0.3) is 0 Å². The molecule has 0 heterocycles. The molecular weight excluding hydrogens is 494 g/mol. The first-order chi connectivity index (χ1) is 19.6. The number of hydrogen-bond donors (Lipinski definition) is 2.